The molecule has 0 bridgehead atoms. The van der Waals surface area contributed by atoms with Crippen LogP contribution in [-0.4, -0.2) is 45.9 Å². The van der Waals surface area contributed by atoms with Gasteiger partial charge in [0, 0.05) is 36.7 Å². The molecular weight excluding hydrogens is 302 g/mol. The maximum atomic E-state index is 12.4. The number of hydrogen-bond acceptors (Lipinski definition) is 3. The Morgan fingerprint density at radius 3 is 3.00 bits per heavy atom. The third-order valence-electron chi connectivity index (χ3n) is 5.05. The third kappa shape index (κ3) is 3.14. The molecular formula is C18H23N5O. The van der Waals surface area contributed by atoms with Gasteiger partial charge in [0.25, 0.3) is 0 Å². The molecule has 0 unspecified atom stereocenters. The van der Waals surface area contributed by atoms with Crippen molar-refractivity contribution in [2.45, 2.75) is 37.8 Å². The Hall–Kier alpha value is -2.34. The number of nitrogens with zero attached hydrogens (tertiary/aromatic N) is 3. The fourth-order valence-electron chi connectivity index (χ4n) is 3.90. The van der Waals surface area contributed by atoms with Crippen LogP contribution in [-0.2, 0) is 0 Å². The molecule has 2 N–H and O–H groups in total. The highest BCUT2D eigenvalue weighted by Crippen LogP contribution is 2.27. The van der Waals surface area contributed by atoms with Crippen molar-refractivity contribution >= 4 is 11.7 Å². The molecule has 2 aliphatic heterocycles. The van der Waals surface area contributed by atoms with E-state index in [0.29, 0.717) is 6.04 Å². The van der Waals surface area contributed by atoms with Crippen molar-refractivity contribution in [2.75, 3.05) is 18.4 Å². The molecule has 4 rings (SSSR count). The van der Waals surface area contributed by atoms with Gasteiger partial charge in [0.15, 0.2) is 0 Å². The predicted molar refractivity (Wildman–Crippen MR) is 93.3 cm³/mol. The van der Waals surface area contributed by atoms with Gasteiger partial charge in [0.05, 0.1) is 5.69 Å². The minimum absolute atomic E-state index is 0.120. The van der Waals surface area contributed by atoms with Crippen LogP contribution in [0.1, 0.15) is 25.7 Å². The maximum Gasteiger partial charge on any atom is 0.319 e. The molecule has 6 nitrogen and oxygen atoms in total. The molecule has 0 radical (unpaired) electrons. The molecule has 3 heterocycles. The van der Waals surface area contributed by atoms with Gasteiger partial charge in [0.1, 0.15) is 0 Å². The summed E-state index contributed by atoms with van der Waals surface area (Å²) >= 11 is 0. The monoisotopic (exact) mass is 325 g/mol. The summed E-state index contributed by atoms with van der Waals surface area (Å²) < 4.78 is 1.78. The van der Waals surface area contributed by atoms with Gasteiger partial charge in [-0.05, 0) is 50.1 Å². The summed E-state index contributed by atoms with van der Waals surface area (Å²) in [4.78, 5) is 14.9. The third-order valence-corrected chi connectivity index (χ3v) is 5.05. The molecule has 2 atom stereocenters. The number of hydrogen-bond donors (Lipinski definition) is 2. The molecule has 2 fully saturated rings. The van der Waals surface area contributed by atoms with Crippen molar-refractivity contribution in [3.8, 4) is 5.69 Å². The lowest BCUT2D eigenvalue weighted by atomic mass is 9.99. The highest BCUT2D eigenvalue weighted by molar-refractivity contribution is 5.89. The van der Waals surface area contributed by atoms with E-state index in [2.05, 4.69) is 20.6 Å². The number of carbonyl (C=O) groups excluding carboxylic acids is 1. The first-order chi connectivity index (χ1) is 11.8. The maximum absolute atomic E-state index is 12.4. The van der Waals surface area contributed by atoms with Crippen molar-refractivity contribution in [3.05, 3.63) is 42.7 Å². The number of nitrogens with one attached hydrogen (secondary N) is 2. The number of anilines is 1. The summed E-state index contributed by atoms with van der Waals surface area (Å²) in [6, 6.07) is 10.2. The van der Waals surface area contributed by atoms with Crippen LogP contribution >= 0.6 is 0 Å². The van der Waals surface area contributed by atoms with E-state index in [1.165, 1.54) is 25.8 Å². The first-order valence-electron chi connectivity index (χ1n) is 8.71. The Labute approximate surface area is 141 Å². The molecule has 0 spiro atoms. The van der Waals surface area contributed by atoms with E-state index in [4.69, 9.17) is 0 Å². The second-order valence-electron chi connectivity index (χ2n) is 6.59. The van der Waals surface area contributed by atoms with Gasteiger partial charge in [-0.1, -0.05) is 12.5 Å². The summed E-state index contributed by atoms with van der Waals surface area (Å²) in [6.07, 6.45) is 8.42. The zero-order valence-electron chi connectivity index (χ0n) is 13.7. The van der Waals surface area contributed by atoms with Crippen LogP contribution in [0.4, 0.5) is 10.5 Å². The minimum atomic E-state index is -0.120. The quantitative estimate of drug-likeness (QED) is 0.912. The van der Waals surface area contributed by atoms with E-state index in [-0.39, 0.29) is 12.1 Å². The lowest BCUT2D eigenvalue weighted by molar-refractivity contribution is 0.180. The summed E-state index contributed by atoms with van der Waals surface area (Å²) in [5, 5.41) is 10.3. The van der Waals surface area contributed by atoms with Crippen LogP contribution in [0.15, 0.2) is 42.7 Å². The van der Waals surface area contributed by atoms with Crippen molar-refractivity contribution in [2.24, 2.45) is 0 Å². The molecule has 0 saturated carbocycles. The van der Waals surface area contributed by atoms with Crippen LogP contribution in [0.2, 0.25) is 0 Å². The number of piperidine rings is 1. The minimum Gasteiger partial charge on any atom is -0.334 e. The average molecular weight is 325 g/mol. The van der Waals surface area contributed by atoms with Crippen molar-refractivity contribution < 1.29 is 4.79 Å². The second-order valence-corrected chi connectivity index (χ2v) is 6.59. The van der Waals surface area contributed by atoms with E-state index in [9.17, 15) is 4.79 Å². The summed E-state index contributed by atoms with van der Waals surface area (Å²) in [7, 11) is 0. The Morgan fingerprint density at radius 1 is 1.17 bits per heavy atom. The van der Waals surface area contributed by atoms with Crippen molar-refractivity contribution in [1.82, 2.24) is 20.0 Å². The fraction of sp³-hybridized carbons (Fsp3) is 0.444. The van der Waals surface area contributed by atoms with Gasteiger partial charge in [-0.15, -0.1) is 0 Å². The first kappa shape index (κ1) is 15.2. The average Bonchev–Trinajstić information content (AvgIpc) is 3.26. The van der Waals surface area contributed by atoms with Crippen molar-refractivity contribution in [3.63, 3.8) is 0 Å². The molecule has 2 saturated heterocycles. The molecule has 2 aliphatic rings. The smallest absolute Gasteiger partial charge is 0.319 e. The normalized spacial score (nSPS) is 23.7. The van der Waals surface area contributed by atoms with Gasteiger partial charge in [-0.3, -0.25) is 4.90 Å². The number of urea groups is 1. The largest absolute Gasteiger partial charge is 0.334 e. The van der Waals surface area contributed by atoms with Gasteiger partial charge in [-0.25, -0.2) is 9.48 Å². The number of aromatic nitrogens is 2. The topological polar surface area (TPSA) is 62.2 Å². The fourth-order valence-corrected chi connectivity index (χ4v) is 3.90. The zero-order valence-corrected chi connectivity index (χ0v) is 13.7. The van der Waals surface area contributed by atoms with Gasteiger partial charge in [0.2, 0.25) is 0 Å². The Morgan fingerprint density at radius 2 is 2.12 bits per heavy atom. The van der Waals surface area contributed by atoms with E-state index >= 15 is 0 Å². The number of amides is 2. The van der Waals surface area contributed by atoms with Gasteiger partial charge >= 0.3 is 6.03 Å². The molecule has 2 amide bonds. The van der Waals surface area contributed by atoms with Gasteiger partial charge in [-0.2, -0.15) is 5.10 Å². The lowest BCUT2D eigenvalue weighted by Gasteiger charge is -2.32. The zero-order chi connectivity index (χ0) is 16.4. The Balaban J connectivity index is 1.39. The summed E-state index contributed by atoms with van der Waals surface area (Å²) in [5.74, 6) is 0. The number of fused-ring (bicyclic) bond motifs is 1. The highest BCUT2D eigenvalue weighted by atomic mass is 16.2. The standard InChI is InChI=1S/C18H23N5O/c24-18(21-16-8-12-22-10-2-1-7-17(16)22)20-14-5-3-6-15(13-14)23-11-4-9-19-23/h3-6,9,11,13,16-17H,1-2,7-8,10,12H2,(H2,20,21,24)/t16-,17-/m0/s1. The van der Waals surface area contributed by atoms with E-state index in [1.54, 1.807) is 10.9 Å². The lowest BCUT2D eigenvalue weighted by Crippen LogP contribution is -2.47. The number of rotatable bonds is 3. The Bertz CT molecular complexity index is 699. The van der Waals surface area contributed by atoms with Crippen LogP contribution in [0.3, 0.4) is 0 Å². The SMILES string of the molecule is O=C(Nc1cccc(-n2cccn2)c1)N[C@H]1CCN2CCCC[C@@H]12. The van der Waals surface area contributed by atoms with Crippen LogP contribution < -0.4 is 10.6 Å². The highest BCUT2D eigenvalue weighted by Gasteiger charge is 2.36. The van der Waals surface area contributed by atoms with Crippen LogP contribution in [0.5, 0.6) is 0 Å². The van der Waals surface area contributed by atoms with E-state index in [1.807, 2.05) is 36.5 Å². The molecule has 6 heteroatoms. The molecule has 1 aromatic heterocycles. The molecule has 2 aromatic rings. The van der Waals surface area contributed by atoms with Crippen LogP contribution in [0.25, 0.3) is 5.69 Å². The van der Waals surface area contributed by atoms with E-state index < -0.39 is 0 Å². The predicted octanol–water partition coefficient (Wildman–Crippen LogP) is 2.62. The van der Waals surface area contributed by atoms with Crippen LogP contribution in [0, 0.1) is 0 Å². The molecule has 126 valence electrons. The Kier molecular flexibility index (Phi) is 4.21. The molecule has 0 aliphatic carbocycles. The second kappa shape index (κ2) is 6.65. The molecule has 1 aromatic carbocycles. The van der Waals surface area contributed by atoms with Crippen molar-refractivity contribution in [1.29, 1.82) is 0 Å². The first-order valence-corrected chi connectivity index (χ1v) is 8.71. The number of carbonyl (C=O) groups is 1. The van der Waals surface area contributed by atoms with Gasteiger partial charge < -0.3 is 10.6 Å². The summed E-state index contributed by atoms with van der Waals surface area (Å²) in [5.41, 5.74) is 1.70. The molecule has 24 heavy (non-hydrogen) atoms. The number of benzene rings is 1. The van der Waals surface area contributed by atoms with E-state index in [0.717, 1.165) is 24.3 Å². The summed E-state index contributed by atoms with van der Waals surface area (Å²) in [6.45, 7) is 2.28.